The predicted molar refractivity (Wildman–Crippen MR) is 118 cm³/mol. The molecule has 162 valence electrons. The highest BCUT2D eigenvalue weighted by atomic mass is 16.1. The molecule has 0 saturated carbocycles. The largest absolute Gasteiger partial charge is 0.354 e. The first-order valence-electron chi connectivity index (χ1n) is 10.6. The number of fused-ring (bicyclic) bond motifs is 1. The third-order valence-corrected chi connectivity index (χ3v) is 5.71. The van der Waals surface area contributed by atoms with Crippen LogP contribution in [0.4, 0.5) is 0 Å². The van der Waals surface area contributed by atoms with Crippen LogP contribution < -0.4 is 16.2 Å². The van der Waals surface area contributed by atoms with E-state index in [0.717, 1.165) is 37.3 Å². The lowest BCUT2D eigenvalue weighted by Crippen LogP contribution is -2.31. The smallest absolute Gasteiger partial charge is 0.269 e. The van der Waals surface area contributed by atoms with Crippen molar-refractivity contribution >= 4 is 16.9 Å². The fourth-order valence-corrected chi connectivity index (χ4v) is 3.99. The number of amides is 1. The summed E-state index contributed by atoms with van der Waals surface area (Å²) in [4.78, 5) is 33.6. The Morgan fingerprint density at radius 3 is 2.87 bits per heavy atom. The molecule has 3 aromatic heterocycles. The lowest BCUT2D eigenvalue weighted by molar-refractivity contribution is 0.0958. The lowest BCUT2D eigenvalue weighted by atomic mass is 10.0. The molecule has 1 aliphatic rings. The first kappa shape index (κ1) is 21.1. The van der Waals surface area contributed by atoms with E-state index >= 15 is 0 Å². The van der Waals surface area contributed by atoms with E-state index in [1.165, 1.54) is 0 Å². The summed E-state index contributed by atoms with van der Waals surface area (Å²) in [6, 6.07) is 7.59. The standard InChI is InChI=1S/C22H27N7O2/c1-3-14-10-19-18(26-21(14)30)11-16(27-28-19)13-29-9-8-24-7-6-20(29)15-4-5-17(25-12-15)22(31)23-2/h4-5,10-12,20,24H,3,6-9,13H2,1-2H3,(H,23,31)(H,26,30). The summed E-state index contributed by atoms with van der Waals surface area (Å²) >= 11 is 0. The van der Waals surface area contributed by atoms with Crippen molar-refractivity contribution in [3.05, 3.63) is 63.3 Å². The van der Waals surface area contributed by atoms with Crippen LogP contribution in [0.2, 0.25) is 0 Å². The van der Waals surface area contributed by atoms with Crippen LogP contribution in [-0.2, 0) is 13.0 Å². The van der Waals surface area contributed by atoms with Gasteiger partial charge in [-0.2, -0.15) is 5.10 Å². The van der Waals surface area contributed by atoms with E-state index in [-0.39, 0.29) is 17.5 Å². The zero-order chi connectivity index (χ0) is 21.8. The van der Waals surface area contributed by atoms with Crippen molar-refractivity contribution in [2.24, 2.45) is 0 Å². The Bertz CT molecular complexity index is 1130. The molecule has 0 aliphatic carbocycles. The highest BCUT2D eigenvalue weighted by Crippen LogP contribution is 2.26. The van der Waals surface area contributed by atoms with Crippen LogP contribution in [0, 0.1) is 0 Å². The molecule has 0 spiro atoms. The van der Waals surface area contributed by atoms with E-state index in [1.807, 2.05) is 25.1 Å². The topological polar surface area (TPSA) is 116 Å². The van der Waals surface area contributed by atoms with E-state index in [1.54, 1.807) is 19.3 Å². The molecule has 1 atom stereocenters. The number of carbonyl (C=O) groups excluding carboxylic acids is 1. The molecular formula is C22H27N7O2. The van der Waals surface area contributed by atoms with Gasteiger partial charge in [0.15, 0.2) is 0 Å². The van der Waals surface area contributed by atoms with Gasteiger partial charge in [-0.05, 0) is 43.1 Å². The van der Waals surface area contributed by atoms with Gasteiger partial charge in [0.05, 0.1) is 11.2 Å². The third-order valence-electron chi connectivity index (χ3n) is 5.71. The molecule has 0 radical (unpaired) electrons. The van der Waals surface area contributed by atoms with Crippen LogP contribution in [0.3, 0.4) is 0 Å². The molecule has 0 bridgehead atoms. The maximum absolute atomic E-state index is 12.2. The summed E-state index contributed by atoms with van der Waals surface area (Å²) in [5, 5.41) is 14.8. The average molecular weight is 422 g/mol. The number of aromatic nitrogens is 4. The maximum Gasteiger partial charge on any atom is 0.269 e. The molecule has 1 amide bonds. The Kier molecular flexibility index (Phi) is 6.34. The van der Waals surface area contributed by atoms with Crippen molar-refractivity contribution in [1.29, 1.82) is 0 Å². The van der Waals surface area contributed by atoms with Gasteiger partial charge < -0.3 is 15.6 Å². The van der Waals surface area contributed by atoms with Gasteiger partial charge in [0.1, 0.15) is 11.2 Å². The van der Waals surface area contributed by atoms with Gasteiger partial charge in [0.25, 0.3) is 11.5 Å². The Balaban J connectivity index is 1.60. The maximum atomic E-state index is 12.2. The second kappa shape index (κ2) is 9.32. The number of hydrogen-bond donors (Lipinski definition) is 3. The van der Waals surface area contributed by atoms with Crippen LogP contribution in [0.1, 0.15) is 46.7 Å². The third kappa shape index (κ3) is 4.62. The summed E-state index contributed by atoms with van der Waals surface area (Å²) < 4.78 is 0. The summed E-state index contributed by atoms with van der Waals surface area (Å²) in [6.45, 7) is 5.16. The van der Waals surface area contributed by atoms with E-state index in [0.29, 0.717) is 35.3 Å². The molecule has 0 aromatic carbocycles. The van der Waals surface area contributed by atoms with Crippen LogP contribution in [0.15, 0.2) is 35.3 Å². The Morgan fingerprint density at radius 1 is 1.26 bits per heavy atom. The molecule has 9 heteroatoms. The van der Waals surface area contributed by atoms with Crippen LogP contribution in [-0.4, -0.2) is 57.7 Å². The molecule has 1 fully saturated rings. The molecule has 4 heterocycles. The number of nitrogens with one attached hydrogen (secondary N) is 3. The summed E-state index contributed by atoms with van der Waals surface area (Å²) in [5.41, 5.74) is 4.30. The predicted octanol–water partition coefficient (Wildman–Crippen LogP) is 1.17. The highest BCUT2D eigenvalue weighted by molar-refractivity contribution is 5.91. The summed E-state index contributed by atoms with van der Waals surface area (Å²) in [5.74, 6) is -0.197. The van der Waals surface area contributed by atoms with Crippen LogP contribution >= 0.6 is 0 Å². The van der Waals surface area contributed by atoms with E-state index in [9.17, 15) is 9.59 Å². The van der Waals surface area contributed by atoms with Gasteiger partial charge in [-0.1, -0.05) is 13.0 Å². The molecule has 9 nitrogen and oxygen atoms in total. The Morgan fingerprint density at radius 2 is 2.13 bits per heavy atom. The first-order valence-corrected chi connectivity index (χ1v) is 10.6. The number of carbonyl (C=O) groups is 1. The number of aryl methyl sites for hydroxylation is 1. The van der Waals surface area contributed by atoms with Gasteiger partial charge >= 0.3 is 0 Å². The van der Waals surface area contributed by atoms with Crippen LogP contribution in [0.5, 0.6) is 0 Å². The molecular weight excluding hydrogens is 394 g/mol. The second-order valence-corrected chi connectivity index (χ2v) is 7.69. The van der Waals surface area contributed by atoms with Gasteiger partial charge in [-0.3, -0.25) is 19.5 Å². The van der Waals surface area contributed by atoms with Gasteiger partial charge in [0.2, 0.25) is 0 Å². The normalized spacial score (nSPS) is 17.4. The van der Waals surface area contributed by atoms with Crippen molar-refractivity contribution in [3.63, 3.8) is 0 Å². The minimum atomic E-state index is -0.197. The number of nitrogens with zero attached hydrogens (tertiary/aromatic N) is 4. The number of H-pyrrole nitrogens is 1. The van der Waals surface area contributed by atoms with Crippen molar-refractivity contribution in [3.8, 4) is 0 Å². The minimum absolute atomic E-state index is 0.0759. The number of hydrogen-bond acceptors (Lipinski definition) is 7. The van der Waals surface area contributed by atoms with Crippen molar-refractivity contribution < 1.29 is 4.79 Å². The lowest BCUT2D eigenvalue weighted by Gasteiger charge is -2.29. The number of aromatic amines is 1. The molecule has 4 rings (SSSR count). The minimum Gasteiger partial charge on any atom is -0.354 e. The summed E-state index contributed by atoms with van der Waals surface area (Å²) in [7, 11) is 1.59. The van der Waals surface area contributed by atoms with E-state index < -0.39 is 0 Å². The van der Waals surface area contributed by atoms with Crippen LogP contribution in [0.25, 0.3) is 11.0 Å². The quantitative estimate of drug-likeness (QED) is 0.566. The first-order chi connectivity index (χ1) is 15.1. The van der Waals surface area contributed by atoms with E-state index in [2.05, 4.69) is 35.7 Å². The molecule has 1 aliphatic heterocycles. The van der Waals surface area contributed by atoms with Crippen molar-refractivity contribution in [1.82, 2.24) is 35.7 Å². The zero-order valence-corrected chi connectivity index (χ0v) is 17.8. The molecule has 31 heavy (non-hydrogen) atoms. The van der Waals surface area contributed by atoms with Gasteiger partial charge in [-0.25, -0.2) is 0 Å². The van der Waals surface area contributed by atoms with E-state index in [4.69, 9.17) is 0 Å². The van der Waals surface area contributed by atoms with Gasteiger partial charge in [0, 0.05) is 44.5 Å². The fourth-order valence-electron chi connectivity index (χ4n) is 3.99. The van der Waals surface area contributed by atoms with Gasteiger partial charge in [-0.15, -0.1) is 5.10 Å². The Hall–Kier alpha value is -3.17. The van der Waals surface area contributed by atoms with Crippen molar-refractivity contribution in [2.45, 2.75) is 32.4 Å². The monoisotopic (exact) mass is 421 g/mol. The second-order valence-electron chi connectivity index (χ2n) is 7.69. The molecule has 1 saturated heterocycles. The number of rotatable bonds is 5. The summed E-state index contributed by atoms with van der Waals surface area (Å²) in [6.07, 6.45) is 3.35. The molecule has 1 unspecified atom stereocenters. The Labute approximate surface area is 180 Å². The SMILES string of the molecule is CCc1cc2nnc(CN3CCNCCC3c3ccc(C(=O)NC)nc3)cc2[nH]c1=O. The molecule has 3 aromatic rings. The zero-order valence-electron chi connectivity index (χ0n) is 17.8. The average Bonchev–Trinajstić information content (AvgIpc) is 3.03. The van der Waals surface area contributed by atoms with Crippen molar-refractivity contribution in [2.75, 3.05) is 26.7 Å². The number of pyridine rings is 2. The highest BCUT2D eigenvalue weighted by Gasteiger charge is 2.24. The fraction of sp³-hybridized carbons (Fsp3) is 0.409. The molecule has 3 N–H and O–H groups in total.